The Morgan fingerprint density at radius 1 is 1.25 bits per heavy atom. The number of carbonyl (C=O) groups excluding carboxylic acids is 1. The van der Waals surface area contributed by atoms with Crippen LogP contribution >= 0.6 is 0 Å². The number of hydrogen-bond donors (Lipinski definition) is 2. The predicted molar refractivity (Wildman–Crippen MR) is 81.2 cm³/mol. The topological polar surface area (TPSA) is 49.3 Å². The molecular formula is C17H23NO2. The third-order valence-electron chi connectivity index (χ3n) is 3.91. The molecule has 1 amide bonds. The van der Waals surface area contributed by atoms with Crippen LogP contribution in [0.2, 0.25) is 0 Å². The molecule has 0 aliphatic heterocycles. The average Bonchev–Trinajstić information content (AvgIpc) is 2.63. The summed E-state index contributed by atoms with van der Waals surface area (Å²) < 4.78 is 0. The number of hydrogen-bond acceptors (Lipinski definition) is 2. The molecule has 0 aromatic heterocycles. The van der Waals surface area contributed by atoms with Crippen molar-refractivity contribution in [3.05, 3.63) is 41.5 Å². The zero-order valence-corrected chi connectivity index (χ0v) is 12.0. The van der Waals surface area contributed by atoms with E-state index in [0.717, 1.165) is 43.2 Å². The number of aliphatic hydroxyl groups excluding tert-OH is 1. The molecule has 0 saturated heterocycles. The lowest BCUT2D eigenvalue weighted by Gasteiger charge is -2.20. The molecule has 0 heterocycles. The highest BCUT2D eigenvalue weighted by Gasteiger charge is 2.22. The molecule has 20 heavy (non-hydrogen) atoms. The van der Waals surface area contributed by atoms with E-state index in [4.69, 9.17) is 0 Å². The van der Waals surface area contributed by atoms with Crippen LogP contribution in [0.15, 0.2) is 30.3 Å². The Morgan fingerprint density at radius 2 is 2.00 bits per heavy atom. The summed E-state index contributed by atoms with van der Waals surface area (Å²) in [6, 6.07) is 7.84. The normalized spacial score (nSPS) is 23.5. The van der Waals surface area contributed by atoms with Crippen molar-refractivity contribution in [1.82, 2.24) is 5.32 Å². The quantitative estimate of drug-likeness (QED) is 0.657. The van der Waals surface area contributed by atoms with Gasteiger partial charge in [0.15, 0.2) is 0 Å². The second kappa shape index (κ2) is 7.25. The number of aryl methyl sites for hydroxylation is 1. The van der Waals surface area contributed by atoms with Gasteiger partial charge in [-0.25, -0.2) is 0 Å². The molecule has 0 spiro atoms. The van der Waals surface area contributed by atoms with E-state index in [-0.39, 0.29) is 11.9 Å². The van der Waals surface area contributed by atoms with Gasteiger partial charge in [-0.15, -0.1) is 0 Å². The van der Waals surface area contributed by atoms with Gasteiger partial charge in [0.25, 0.3) is 0 Å². The highest BCUT2D eigenvalue weighted by Crippen LogP contribution is 2.18. The summed E-state index contributed by atoms with van der Waals surface area (Å²) in [4.78, 5) is 11.9. The van der Waals surface area contributed by atoms with E-state index in [1.165, 1.54) is 0 Å². The molecule has 0 bridgehead atoms. The molecule has 3 heteroatoms. The van der Waals surface area contributed by atoms with Crippen molar-refractivity contribution in [1.29, 1.82) is 0 Å². The molecule has 1 fully saturated rings. The summed E-state index contributed by atoms with van der Waals surface area (Å²) in [7, 11) is 0. The maximum Gasteiger partial charge on any atom is 0.244 e. The van der Waals surface area contributed by atoms with E-state index in [2.05, 4.69) is 5.32 Å². The molecule has 1 aliphatic rings. The summed E-state index contributed by atoms with van der Waals surface area (Å²) in [6.07, 6.45) is 7.89. The van der Waals surface area contributed by atoms with Crippen LogP contribution in [-0.2, 0) is 4.79 Å². The Hall–Kier alpha value is -1.61. The summed E-state index contributed by atoms with van der Waals surface area (Å²) in [5.41, 5.74) is 2.19. The van der Waals surface area contributed by atoms with Crippen LogP contribution in [0.5, 0.6) is 0 Å². The largest absolute Gasteiger partial charge is 0.391 e. The number of carbonyl (C=O) groups is 1. The third-order valence-corrected chi connectivity index (χ3v) is 3.91. The Bertz CT molecular complexity index is 482. The number of amides is 1. The predicted octanol–water partition coefficient (Wildman–Crippen LogP) is 2.82. The van der Waals surface area contributed by atoms with Gasteiger partial charge in [-0.05, 0) is 37.0 Å². The van der Waals surface area contributed by atoms with E-state index >= 15 is 0 Å². The Balaban J connectivity index is 1.93. The molecule has 108 valence electrons. The van der Waals surface area contributed by atoms with Crippen molar-refractivity contribution in [3.8, 4) is 0 Å². The summed E-state index contributed by atoms with van der Waals surface area (Å²) >= 11 is 0. The van der Waals surface area contributed by atoms with Crippen LogP contribution < -0.4 is 5.32 Å². The first kappa shape index (κ1) is 14.8. The number of nitrogens with one attached hydrogen (secondary N) is 1. The lowest BCUT2D eigenvalue weighted by molar-refractivity contribution is -0.118. The van der Waals surface area contributed by atoms with Crippen LogP contribution in [0.4, 0.5) is 0 Å². The van der Waals surface area contributed by atoms with Gasteiger partial charge < -0.3 is 10.4 Å². The molecule has 0 radical (unpaired) electrons. The maximum absolute atomic E-state index is 11.9. The van der Waals surface area contributed by atoms with Crippen LogP contribution in [0, 0.1) is 6.92 Å². The van der Waals surface area contributed by atoms with Gasteiger partial charge in [-0.2, -0.15) is 0 Å². The molecule has 3 nitrogen and oxygen atoms in total. The molecule has 1 aromatic carbocycles. The number of rotatable bonds is 3. The minimum absolute atomic E-state index is 0.105. The molecule has 2 atom stereocenters. The Morgan fingerprint density at radius 3 is 2.80 bits per heavy atom. The first-order valence-electron chi connectivity index (χ1n) is 7.39. The van der Waals surface area contributed by atoms with Crippen molar-refractivity contribution in [2.45, 2.75) is 51.2 Å². The Kier molecular flexibility index (Phi) is 5.36. The zero-order valence-electron chi connectivity index (χ0n) is 12.0. The van der Waals surface area contributed by atoms with E-state index in [9.17, 15) is 9.90 Å². The van der Waals surface area contributed by atoms with Crippen LogP contribution in [0.25, 0.3) is 6.08 Å². The zero-order chi connectivity index (χ0) is 14.4. The van der Waals surface area contributed by atoms with E-state index in [1.54, 1.807) is 6.08 Å². The maximum atomic E-state index is 11.9. The van der Waals surface area contributed by atoms with Gasteiger partial charge in [0, 0.05) is 6.08 Å². The molecule has 1 saturated carbocycles. The van der Waals surface area contributed by atoms with E-state index in [0.29, 0.717) is 0 Å². The second-order valence-electron chi connectivity index (χ2n) is 5.51. The molecule has 1 aliphatic carbocycles. The standard InChI is InChI=1S/C17H23NO2/c1-13-7-5-6-8-14(13)11-12-17(20)18-15-9-3-2-4-10-16(15)19/h5-8,11-12,15-16,19H,2-4,9-10H2,1H3,(H,18,20)/b12-11+. The fraction of sp³-hybridized carbons (Fsp3) is 0.471. The molecule has 1 aromatic rings. The van der Waals surface area contributed by atoms with E-state index in [1.807, 2.05) is 37.3 Å². The molecule has 2 unspecified atom stereocenters. The third kappa shape index (κ3) is 4.20. The number of aliphatic hydroxyl groups is 1. The van der Waals surface area contributed by atoms with Crippen LogP contribution in [-0.4, -0.2) is 23.2 Å². The fourth-order valence-electron chi connectivity index (χ4n) is 2.63. The first-order valence-corrected chi connectivity index (χ1v) is 7.39. The van der Waals surface area contributed by atoms with Crippen molar-refractivity contribution < 1.29 is 9.90 Å². The van der Waals surface area contributed by atoms with Gasteiger partial charge in [0.2, 0.25) is 5.91 Å². The monoisotopic (exact) mass is 273 g/mol. The first-order chi connectivity index (χ1) is 9.66. The average molecular weight is 273 g/mol. The lowest BCUT2D eigenvalue weighted by Crippen LogP contribution is -2.41. The van der Waals surface area contributed by atoms with Crippen molar-refractivity contribution in [2.75, 3.05) is 0 Å². The van der Waals surface area contributed by atoms with Gasteiger partial charge in [-0.3, -0.25) is 4.79 Å². The Labute approximate surface area is 120 Å². The van der Waals surface area contributed by atoms with Crippen molar-refractivity contribution in [3.63, 3.8) is 0 Å². The minimum atomic E-state index is -0.409. The van der Waals surface area contributed by atoms with Gasteiger partial charge in [0.05, 0.1) is 12.1 Å². The minimum Gasteiger partial charge on any atom is -0.391 e. The molecule has 2 rings (SSSR count). The van der Waals surface area contributed by atoms with E-state index < -0.39 is 6.10 Å². The van der Waals surface area contributed by atoms with Crippen LogP contribution in [0.3, 0.4) is 0 Å². The van der Waals surface area contributed by atoms with Crippen molar-refractivity contribution >= 4 is 12.0 Å². The summed E-state index contributed by atoms with van der Waals surface area (Å²) in [5.74, 6) is -0.126. The summed E-state index contributed by atoms with van der Waals surface area (Å²) in [6.45, 7) is 2.02. The van der Waals surface area contributed by atoms with Gasteiger partial charge in [-0.1, -0.05) is 43.5 Å². The summed E-state index contributed by atoms with van der Waals surface area (Å²) in [5, 5.41) is 12.9. The highest BCUT2D eigenvalue weighted by molar-refractivity contribution is 5.92. The molecule has 2 N–H and O–H groups in total. The smallest absolute Gasteiger partial charge is 0.244 e. The molecular weight excluding hydrogens is 250 g/mol. The van der Waals surface area contributed by atoms with Crippen molar-refractivity contribution in [2.24, 2.45) is 0 Å². The highest BCUT2D eigenvalue weighted by atomic mass is 16.3. The van der Waals surface area contributed by atoms with Gasteiger partial charge in [0.1, 0.15) is 0 Å². The number of benzene rings is 1. The fourth-order valence-corrected chi connectivity index (χ4v) is 2.63. The lowest BCUT2D eigenvalue weighted by atomic mass is 10.1. The van der Waals surface area contributed by atoms with Crippen LogP contribution in [0.1, 0.15) is 43.2 Å². The van der Waals surface area contributed by atoms with Gasteiger partial charge >= 0.3 is 0 Å². The second-order valence-corrected chi connectivity index (χ2v) is 5.51. The SMILES string of the molecule is Cc1ccccc1/C=C/C(=O)NC1CCCCCC1O.